The van der Waals surface area contributed by atoms with Crippen molar-refractivity contribution >= 4 is 5.91 Å². The zero-order valence-corrected chi connectivity index (χ0v) is 16.0. The zero-order chi connectivity index (χ0) is 20.4. The number of rotatable bonds is 6. The lowest BCUT2D eigenvalue weighted by molar-refractivity contribution is 0.0717. The topological polar surface area (TPSA) is 71.5 Å². The summed E-state index contributed by atoms with van der Waals surface area (Å²) < 4.78 is 32.9. The number of pyridine rings is 1. The quantitative estimate of drug-likeness (QED) is 0.770. The van der Waals surface area contributed by atoms with Crippen LogP contribution in [0.2, 0.25) is 0 Å². The highest BCUT2D eigenvalue weighted by molar-refractivity contribution is 5.95. The van der Waals surface area contributed by atoms with Crippen molar-refractivity contribution in [2.24, 2.45) is 5.92 Å². The first-order valence-electron chi connectivity index (χ1n) is 10.1. The Labute approximate surface area is 168 Å². The zero-order valence-electron chi connectivity index (χ0n) is 16.0. The van der Waals surface area contributed by atoms with Crippen molar-refractivity contribution in [1.29, 1.82) is 0 Å². The van der Waals surface area contributed by atoms with Gasteiger partial charge in [-0.15, -0.1) is 0 Å². The Morgan fingerprint density at radius 1 is 1.14 bits per heavy atom. The molecule has 2 saturated carbocycles. The standard InChI is InChI=1S/C22H24F2N2O3/c23-17-8-7-14(10-18(17)24)16-9-15(11-25-22(16)29-12-13-5-6-13)21(28)26-19-3-1-2-4-20(19)27/h7-11,13,19-20,27H,1-6,12H2,(H,26,28). The molecule has 2 fully saturated rings. The average molecular weight is 402 g/mol. The number of ether oxygens (including phenoxy) is 1. The van der Waals surface area contributed by atoms with E-state index in [0.717, 1.165) is 44.2 Å². The number of aromatic nitrogens is 1. The van der Waals surface area contributed by atoms with E-state index in [4.69, 9.17) is 4.74 Å². The average Bonchev–Trinajstić information content (AvgIpc) is 3.54. The van der Waals surface area contributed by atoms with Gasteiger partial charge in [-0.3, -0.25) is 4.79 Å². The van der Waals surface area contributed by atoms with Crippen LogP contribution in [-0.4, -0.2) is 34.8 Å². The predicted molar refractivity (Wildman–Crippen MR) is 104 cm³/mol. The number of aliphatic hydroxyl groups excluding tert-OH is 1. The van der Waals surface area contributed by atoms with Crippen molar-refractivity contribution < 1.29 is 23.4 Å². The number of halogens is 2. The van der Waals surface area contributed by atoms with Crippen LogP contribution in [0.3, 0.4) is 0 Å². The molecule has 7 heteroatoms. The van der Waals surface area contributed by atoms with Crippen molar-refractivity contribution in [1.82, 2.24) is 10.3 Å². The lowest BCUT2D eigenvalue weighted by Gasteiger charge is -2.28. The summed E-state index contributed by atoms with van der Waals surface area (Å²) in [4.78, 5) is 17.0. The van der Waals surface area contributed by atoms with E-state index in [-0.39, 0.29) is 23.4 Å². The molecular weight excluding hydrogens is 378 g/mol. The lowest BCUT2D eigenvalue weighted by atomic mass is 9.92. The summed E-state index contributed by atoms with van der Waals surface area (Å²) in [6.07, 6.45) is 6.34. The van der Waals surface area contributed by atoms with Gasteiger partial charge in [-0.2, -0.15) is 0 Å². The molecule has 29 heavy (non-hydrogen) atoms. The molecule has 2 aliphatic rings. The molecule has 2 atom stereocenters. The second-order valence-corrected chi connectivity index (χ2v) is 7.89. The summed E-state index contributed by atoms with van der Waals surface area (Å²) in [7, 11) is 0. The van der Waals surface area contributed by atoms with Gasteiger partial charge in [-0.25, -0.2) is 13.8 Å². The van der Waals surface area contributed by atoms with Gasteiger partial charge in [0.15, 0.2) is 11.6 Å². The van der Waals surface area contributed by atoms with E-state index in [0.29, 0.717) is 30.1 Å². The van der Waals surface area contributed by atoms with Gasteiger partial charge in [0.1, 0.15) is 0 Å². The highest BCUT2D eigenvalue weighted by Gasteiger charge is 2.26. The number of aliphatic hydroxyl groups is 1. The van der Waals surface area contributed by atoms with Crippen LogP contribution in [0.4, 0.5) is 8.78 Å². The van der Waals surface area contributed by atoms with Crippen molar-refractivity contribution in [2.75, 3.05) is 6.61 Å². The molecule has 154 valence electrons. The largest absolute Gasteiger partial charge is 0.477 e. The Bertz CT molecular complexity index is 902. The Hall–Kier alpha value is -2.54. The third kappa shape index (κ3) is 4.72. The number of nitrogens with zero attached hydrogens (tertiary/aromatic N) is 1. The van der Waals surface area contributed by atoms with Crippen molar-refractivity contribution in [3.8, 4) is 17.0 Å². The number of benzene rings is 1. The third-order valence-electron chi connectivity index (χ3n) is 5.54. The SMILES string of the molecule is O=C(NC1CCCCC1O)c1cnc(OCC2CC2)c(-c2ccc(F)c(F)c2)c1. The van der Waals surface area contributed by atoms with E-state index in [1.165, 1.54) is 12.3 Å². The number of hydrogen-bond acceptors (Lipinski definition) is 4. The summed E-state index contributed by atoms with van der Waals surface area (Å²) in [6.45, 7) is 0.503. The van der Waals surface area contributed by atoms with E-state index in [2.05, 4.69) is 10.3 Å². The van der Waals surface area contributed by atoms with E-state index in [9.17, 15) is 18.7 Å². The van der Waals surface area contributed by atoms with Crippen LogP contribution in [0.1, 0.15) is 48.9 Å². The molecule has 2 aromatic rings. The molecule has 0 saturated heterocycles. The first-order valence-corrected chi connectivity index (χ1v) is 10.1. The molecule has 1 aromatic carbocycles. The summed E-state index contributed by atoms with van der Waals surface area (Å²) in [6, 6.07) is 4.83. The third-order valence-corrected chi connectivity index (χ3v) is 5.54. The highest BCUT2D eigenvalue weighted by Crippen LogP contribution is 2.34. The van der Waals surface area contributed by atoms with Gasteiger partial charge in [0.05, 0.1) is 24.3 Å². The summed E-state index contributed by atoms with van der Waals surface area (Å²) in [5.74, 6) is -1.50. The highest BCUT2D eigenvalue weighted by atomic mass is 19.2. The van der Waals surface area contributed by atoms with Crippen molar-refractivity contribution in [3.63, 3.8) is 0 Å². The fourth-order valence-electron chi connectivity index (χ4n) is 3.57. The molecule has 2 aliphatic carbocycles. The minimum absolute atomic E-state index is 0.279. The van der Waals surface area contributed by atoms with E-state index in [1.807, 2.05) is 0 Å². The van der Waals surface area contributed by atoms with Gasteiger partial charge in [0.2, 0.25) is 5.88 Å². The maximum Gasteiger partial charge on any atom is 0.253 e. The van der Waals surface area contributed by atoms with Gasteiger partial charge < -0.3 is 15.2 Å². The van der Waals surface area contributed by atoms with E-state index < -0.39 is 17.7 Å². The van der Waals surface area contributed by atoms with Crippen LogP contribution in [0.15, 0.2) is 30.5 Å². The number of amides is 1. The molecule has 2 unspecified atom stereocenters. The first kappa shape index (κ1) is 19.8. The van der Waals surface area contributed by atoms with Gasteiger partial charge >= 0.3 is 0 Å². The fourth-order valence-corrected chi connectivity index (χ4v) is 3.57. The minimum Gasteiger partial charge on any atom is -0.477 e. The van der Waals surface area contributed by atoms with Crippen molar-refractivity contribution in [2.45, 2.75) is 50.7 Å². The Balaban J connectivity index is 1.60. The first-order chi connectivity index (χ1) is 14.0. The number of carbonyl (C=O) groups excluding carboxylic acids is 1. The predicted octanol–water partition coefficient (Wildman–Crippen LogP) is 3.85. The number of carbonyl (C=O) groups is 1. The fraction of sp³-hybridized carbons (Fsp3) is 0.455. The van der Waals surface area contributed by atoms with Crippen LogP contribution in [0.25, 0.3) is 11.1 Å². The van der Waals surface area contributed by atoms with Crippen LogP contribution < -0.4 is 10.1 Å². The number of hydrogen-bond donors (Lipinski definition) is 2. The van der Waals surface area contributed by atoms with Crippen LogP contribution in [0.5, 0.6) is 5.88 Å². The molecule has 0 bridgehead atoms. The Kier molecular flexibility index (Phi) is 5.76. The molecule has 4 rings (SSSR count). The molecule has 2 N–H and O–H groups in total. The number of nitrogens with one attached hydrogen (secondary N) is 1. The molecular formula is C22H24F2N2O3. The Morgan fingerprint density at radius 2 is 1.93 bits per heavy atom. The molecule has 1 aromatic heterocycles. The van der Waals surface area contributed by atoms with Crippen LogP contribution in [-0.2, 0) is 0 Å². The monoisotopic (exact) mass is 402 g/mol. The van der Waals surface area contributed by atoms with E-state index in [1.54, 1.807) is 6.07 Å². The molecule has 1 heterocycles. The lowest BCUT2D eigenvalue weighted by Crippen LogP contribution is -2.45. The summed E-state index contributed by atoms with van der Waals surface area (Å²) in [5.41, 5.74) is 1.09. The van der Waals surface area contributed by atoms with E-state index >= 15 is 0 Å². The van der Waals surface area contributed by atoms with Crippen LogP contribution >= 0.6 is 0 Å². The van der Waals surface area contributed by atoms with Crippen molar-refractivity contribution in [3.05, 3.63) is 47.7 Å². The molecule has 0 aliphatic heterocycles. The molecule has 5 nitrogen and oxygen atoms in total. The molecule has 0 radical (unpaired) electrons. The molecule has 0 spiro atoms. The normalized spacial score (nSPS) is 21.6. The summed E-state index contributed by atoms with van der Waals surface area (Å²) >= 11 is 0. The Morgan fingerprint density at radius 3 is 2.66 bits per heavy atom. The minimum atomic E-state index is -0.976. The van der Waals surface area contributed by atoms with Gasteiger partial charge in [0.25, 0.3) is 5.91 Å². The van der Waals surface area contributed by atoms with Crippen LogP contribution in [0, 0.1) is 17.6 Å². The van der Waals surface area contributed by atoms with Gasteiger partial charge in [-0.05, 0) is 55.4 Å². The summed E-state index contributed by atoms with van der Waals surface area (Å²) in [5, 5.41) is 13.0. The molecule has 1 amide bonds. The second-order valence-electron chi connectivity index (χ2n) is 7.89. The smallest absolute Gasteiger partial charge is 0.253 e. The maximum atomic E-state index is 13.8. The maximum absolute atomic E-state index is 13.8. The van der Waals surface area contributed by atoms with Gasteiger partial charge in [0, 0.05) is 11.8 Å². The van der Waals surface area contributed by atoms with Gasteiger partial charge in [-0.1, -0.05) is 18.9 Å². The second kappa shape index (κ2) is 8.45.